The highest BCUT2D eigenvalue weighted by Crippen LogP contribution is 2.20. The molecule has 37 heavy (non-hydrogen) atoms. The van der Waals surface area contributed by atoms with Crippen LogP contribution in [0.3, 0.4) is 0 Å². The number of imidazole rings is 1. The van der Waals surface area contributed by atoms with Crippen LogP contribution >= 0.6 is 0 Å². The minimum Gasteiger partial charge on any atom is -0.480 e. The number of aliphatic carboxylic acids is 1. The number of aromatic nitrogens is 2. The fourth-order valence-corrected chi connectivity index (χ4v) is 4.49. The van der Waals surface area contributed by atoms with Gasteiger partial charge in [0.1, 0.15) is 18.1 Å². The molecule has 5 unspecified atom stereocenters. The number of nitrogens with zero attached hydrogens (tertiary/aromatic N) is 2. The standard InChI is InChI=1S/C26H36N6O5/c1-3-16(2)22(31-23(33)19(27)12-17-8-5-4-6-9-17)24(34)30-20(13-18-14-28-15-29-18)25(35)32-11-7-10-21(32)26(36)37/h4-6,8-9,14-16,19-22H,3,7,10-13,27H2,1-2H3,(H,28,29)(H,30,34)(H,31,33)(H,36,37). The number of rotatable bonds is 12. The zero-order valence-corrected chi connectivity index (χ0v) is 21.2. The molecule has 3 amide bonds. The second-order valence-corrected chi connectivity index (χ2v) is 9.54. The largest absolute Gasteiger partial charge is 0.480 e. The van der Waals surface area contributed by atoms with Crippen molar-refractivity contribution >= 4 is 23.7 Å². The number of benzene rings is 1. The highest BCUT2D eigenvalue weighted by molar-refractivity contribution is 5.94. The van der Waals surface area contributed by atoms with E-state index in [-0.39, 0.29) is 12.3 Å². The fourth-order valence-electron chi connectivity index (χ4n) is 4.49. The lowest BCUT2D eigenvalue weighted by Crippen LogP contribution is -2.59. The van der Waals surface area contributed by atoms with E-state index in [1.165, 1.54) is 11.2 Å². The summed E-state index contributed by atoms with van der Waals surface area (Å²) in [5, 5.41) is 15.1. The second-order valence-electron chi connectivity index (χ2n) is 9.54. The number of nitrogens with one attached hydrogen (secondary N) is 3. The van der Waals surface area contributed by atoms with Crippen LogP contribution in [0.15, 0.2) is 42.9 Å². The van der Waals surface area contributed by atoms with E-state index < -0.39 is 47.9 Å². The number of carbonyl (C=O) groups is 4. The summed E-state index contributed by atoms with van der Waals surface area (Å²) in [5.74, 6) is -2.79. The Bertz CT molecular complexity index is 1060. The van der Waals surface area contributed by atoms with Gasteiger partial charge in [0.15, 0.2) is 0 Å². The van der Waals surface area contributed by atoms with Gasteiger partial charge in [0.2, 0.25) is 17.7 Å². The molecule has 0 spiro atoms. The number of hydrogen-bond donors (Lipinski definition) is 5. The van der Waals surface area contributed by atoms with E-state index in [0.717, 1.165) is 5.56 Å². The van der Waals surface area contributed by atoms with Crippen LogP contribution in [0, 0.1) is 5.92 Å². The molecule has 0 bridgehead atoms. The molecule has 3 rings (SSSR count). The molecule has 5 atom stereocenters. The van der Waals surface area contributed by atoms with Gasteiger partial charge in [0.05, 0.1) is 12.4 Å². The number of carboxylic acids is 1. The van der Waals surface area contributed by atoms with Crippen molar-refractivity contribution in [2.45, 2.75) is 70.1 Å². The third-order valence-corrected chi connectivity index (χ3v) is 6.84. The van der Waals surface area contributed by atoms with Gasteiger partial charge in [-0.1, -0.05) is 50.6 Å². The van der Waals surface area contributed by atoms with Crippen molar-refractivity contribution in [3.63, 3.8) is 0 Å². The summed E-state index contributed by atoms with van der Waals surface area (Å²) in [7, 11) is 0. The number of amides is 3. The molecule has 11 nitrogen and oxygen atoms in total. The van der Waals surface area contributed by atoms with Crippen LogP contribution in [0.25, 0.3) is 0 Å². The van der Waals surface area contributed by atoms with Gasteiger partial charge in [-0.15, -0.1) is 0 Å². The number of carboxylic acid groups (broad SMARTS) is 1. The van der Waals surface area contributed by atoms with Crippen LogP contribution in [0.1, 0.15) is 44.4 Å². The monoisotopic (exact) mass is 512 g/mol. The number of H-pyrrole nitrogens is 1. The van der Waals surface area contributed by atoms with Crippen molar-refractivity contribution in [3.8, 4) is 0 Å². The quantitative estimate of drug-likeness (QED) is 0.277. The maximum absolute atomic E-state index is 13.5. The van der Waals surface area contributed by atoms with Gasteiger partial charge in [0, 0.05) is 24.9 Å². The minimum atomic E-state index is -1.07. The van der Waals surface area contributed by atoms with Gasteiger partial charge in [-0.2, -0.15) is 0 Å². The summed E-state index contributed by atoms with van der Waals surface area (Å²) >= 11 is 0. The Morgan fingerprint density at radius 3 is 2.51 bits per heavy atom. The molecule has 1 fully saturated rings. The first-order chi connectivity index (χ1) is 17.7. The van der Waals surface area contributed by atoms with Crippen LogP contribution in [0.5, 0.6) is 0 Å². The van der Waals surface area contributed by atoms with E-state index in [2.05, 4.69) is 20.6 Å². The Kier molecular flexibility index (Phi) is 9.78. The van der Waals surface area contributed by atoms with Crippen LogP contribution < -0.4 is 16.4 Å². The maximum Gasteiger partial charge on any atom is 0.326 e. The highest BCUT2D eigenvalue weighted by atomic mass is 16.4. The van der Waals surface area contributed by atoms with Gasteiger partial charge < -0.3 is 31.4 Å². The maximum atomic E-state index is 13.5. The van der Waals surface area contributed by atoms with Crippen LogP contribution in [-0.4, -0.2) is 74.4 Å². The smallest absolute Gasteiger partial charge is 0.326 e. The Morgan fingerprint density at radius 2 is 1.89 bits per heavy atom. The zero-order valence-electron chi connectivity index (χ0n) is 21.2. The van der Waals surface area contributed by atoms with Crippen molar-refractivity contribution in [3.05, 3.63) is 54.1 Å². The van der Waals surface area contributed by atoms with Crippen molar-refractivity contribution in [2.24, 2.45) is 11.7 Å². The summed E-state index contributed by atoms with van der Waals surface area (Å²) in [4.78, 5) is 59.7. The highest BCUT2D eigenvalue weighted by Gasteiger charge is 2.39. The first-order valence-corrected chi connectivity index (χ1v) is 12.6. The molecule has 200 valence electrons. The van der Waals surface area contributed by atoms with E-state index in [0.29, 0.717) is 37.9 Å². The molecular weight excluding hydrogens is 476 g/mol. The summed E-state index contributed by atoms with van der Waals surface area (Å²) < 4.78 is 0. The molecule has 0 radical (unpaired) electrons. The fraction of sp³-hybridized carbons (Fsp3) is 0.500. The minimum absolute atomic E-state index is 0.0993. The lowest BCUT2D eigenvalue weighted by molar-refractivity contribution is -0.149. The first kappa shape index (κ1) is 27.9. The number of aromatic amines is 1. The van der Waals surface area contributed by atoms with Gasteiger partial charge in [-0.05, 0) is 30.7 Å². The number of likely N-dealkylation sites (tertiary alicyclic amines) is 1. The molecule has 6 N–H and O–H groups in total. The Hall–Kier alpha value is -3.73. The molecule has 11 heteroatoms. The molecule has 1 aliphatic rings. The average Bonchev–Trinajstić information content (AvgIpc) is 3.59. The van der Waals surface area contributed by atoms with Gasteiger partial charge >= 0.3 is 5.97 Å². The predicted molar refractivity (Wildman–Crippen MR) is 136 cm³/mol. The Morgan fingerprint density at radius 1 is 1.16 bits per heavy atom. The number of nitrogens with two attached hydrogens (primary N) is 1. The van der Waals surface area contributed by atoms with Crippen LogP contribution in [0.4, 0.5) is 0 Å². The molecule has 1 aromatic heterocycles. The van der Waals surface area contributed by atoms with E-state index in [4.69, 9.17) is 5.73 Å². The second kappa shape index (κ2) is 13.0. The van der Waals surface area contributed by atoms with E-state index in [1.807, 2.05) is 44.2 Å². The van der Waals surface area contributed by atoms with Crippen molar-refractivity contribution in [1.29, 1.82) is 0 Å². The van der Waals surface area contributed by atoms with E-state index in [9.17, 15) is 24.3 Å². The molecule has 0 saturated carbocycles. The molecule has 1 saturated heterocycles. The summed E-state index contributed by atoms with van der Waals surface area (Å²) in [6.45, 7) is 4.03. The molecule has 2 heterocycles. The topological polar surface area (TPSA) is 171 Å². The van der Waals surface area contributed by atoms with Gasteiger partial charge in [-0.25, -0.2) is 9.78 Å². The van der Waals surface area contributed by atoms with Crippen molar-refractivity contribution < 1.29 is 24.3 Å². The Balaban J connectivity index is 1.75. The van der Waals surface area contributed by atoms with Gasteiger partial charge in [-0.3, -0.25) is 14.4 Å². The number of hydrogen-bond acceptors (Lipinski definition) is 6. The predicted octanol–water partition coefficient (Wildman–Crippen LogP) is 0.614. The molecule has 2 aromatic rings. The zero-order chi connectivity index (χ0) is 26.9. The van der Waals surface area contributed by atoms with Crippen LogP contribution in [-0.2, 0) is 32.0 Å². The molecule has 1 aliphatic heterocycles. The molecule has 1 aromatic carbocycles. The van der Waals surface area contributed by atoms with E-state index >= 15 is 0 Å². The van der Waals surface area contributed by atoms with E-state index in [1.54, 1.807) is 6.20 Å². The normalized spacial score (nSPS) is 18.5. The van der Waals surface area contributed by atoms with Crippen LogP contribution in [0.2, 0.25) is 0 Å². The summed E-state index contributed by atoms with van der Waals surface area (Å²) in [5.41, 5.74) is 7.65. The third kappa shape index (κ3) is 7.39. The third-order valence-electron chi connectivity index (χ3n) is 6.84. The lowest BCUT2D eigenvalue weighted by atomic mass is 9.96. The Labute approximate surface area is 216 Å². The number of carbonyl (C=O) groups excluding carboxylic acids is 3. The summed E-state index contributed by atoms with van der Waals surface area (Å²) in [6, 6.07) is 5.60. The SMILES string of the molecule is CCC(C)C(NC(=O)C(N)Cc1ccccc1)C(=O)NC(Cc1cnc[nH]1)C(=O)N1CCCC1C(=O)O. The molecular formula is C26H36N6O5. The van der Waals surface area contributed by atoms with Crippen molar-refractivity contribution in [1.82, 2.24) is 25.5 Å². The summed E-state index contributed by atoms with van der Waals surface area (Å²) in [6.07, 6.45) is 4.94. The first-order valence-electron chi connectivity index (χ1n) is 12.6. The average molecular weight is 513 g/mol. The van der Waals surface area contributed by atoms with Crippen molar-refractivity contribution in [2.75, 3.05) is 6.54 Å². The molecule has 0 aliphatic carbocycles. The van der Waals surface area contributed by atoms with Gasteiger partial charge in [0.25, 0.3) is 0 Å². The lowest BCUT2D eigenvalue weighted by Gasteiger charge is -2.30.